The molecule has 174 valence electrons. The van der Waals surface area contributed by atoms with Crippen molar-refractivity contribution in [3.8, 4) is 11.5 Å². The normalized spacial score (nSPS) is 10.7. The Labute approximate surface area is 200 Å². The molecular formula is C28H29N3O3. The highest BCUT2D eigenvalue weighted by Crippen LogP contribution is 2.19. The molecule has 1 aromatic heterocycles. The van der Waals surface area contributed by atoms with Crippen LogP contribution in [0.5, 0.6) is 11.5 Å². The Hall–Kier alpha value is -4.06. The Balaban J connectivity index is 1.29. The van der Waals surface area contributed by atoms with E-state index in [9.17, 15) is 4.79 Å². The fourth-order valence-corrected chi connectivity index (χ4v) is 3.62. The molecule has 0 saturated heterocycles. The molecule has 0 unspecified atom stereocenters. The van der Waals surface area contributed by atoms with E-state index in [-0.39, 0.29) is 5.91 Å². The highest BCUT2D eigenvalue weighted by molar-refractivity contribution is 6.04. The zero-order valence-electron chi connectivity index (χ0n) is 19.7. The number of aryl methyl sites for hydroxylation is 2. The number of anilines is 1. The maximum Gasteiger partial charge on any atom is 0.255 e. The van der Waals surface area contributed by atoms with Crippen LogP contribution in [0, 0.1) is 13.8 Å². The van der Waals surface area contributed by atoms with Gasteiger partial charge in [-0.05, 0) is 86.5 Å². The van der Waals surface area contributed by atoms with Crippen LogP contribution >= 0.6 is 0 Å². The van der Waals surface area contributed by atoms with Gasteiger partial charge in [0, 0.05) is 16.9 Å². The second-order valence-corrected chi connectivity index (χ2v) is 8.13. The lowest BCUT2D eigenvalue weighted by atomic mass is 10.1. The summed E-state index contributed by atoms with van der Waals surface area (Å²) in [6.45, 7) is 7.75. The van der Waals surface area contributed by atoms with Gasteiger partial charge in [-0.2, -0.15) is 5.10 Å². The molecule has 0 aliphatic carbocycles. The molecule has 1 amide bonds. The molecule has 1 N–H and O–H groups in total. The number of nitrogens with one attached hydrogen (secondary N) is 1. The fraction of sp³-hybridized carbons (Fsp3) is 0.214. The second-order valence-electron chi connectivity index (χ2n) is 8.13. The van der Waals surface area contributed by atoms with Gasteiger partial charge in [0.15, 0.2) is 0 Å². The number of hydrogen-bond donors (Lipinski definition) is 1. The van der Waals surface area contributed by atoms with Crippen molar-refractivity contribution in [2.75, 3.05) is 11.9 Å². The third-order valence-corrected chi connectivity index (χ3v) is 5.40. The highest BCUT2D eigenvalue weighted by atomic mass is 16.5. The van der Waals surface area contributed by atoms with Gasteiger partial charge in [0.05, 0.1) is 18.8 Å². The molecular weight excluding hydrogens is 426 g/mol. The van der Waals surface area contributed by atoms with E-state index in [1.54, 1.807) is 0 Å². The minimum Gasteiger partial charge on any atom is -0.494 e. The molecule has 0 aliphatic rings. The van der Waals surface area contributed by atoms with Crippen LogP contribution < -0.4 is 14.8 Å². The smallest absolute Gasteiger partial charge is 0.255 e. The van der Waals surface area contributed by atoms with Gasteiger partial charge in [0.2, 0.25) is 0 Å². The minimum atomic E-state index is -0.148. The van der Waals surface area contributed by atoms with E-state index in [1.165, 1.54) is 0 Å². The predicted molar refractivity (Wildman–Crippen MR) is 134 cm³/mol. The van der Waals surface area contributed by atoms with E-state index in [1.807, 2.05) is 98.2 Å². The molecule has 6 heteroatoms. The van der Waals surface area contributed by atoms with Crippen LogP contribution in [0.25, 0.3) is 0 Å². The molecule has 0 bridgehead atoms. The summed E-state index contributed by atoms with van der Waals surface area (Å²) in [5.41, 5.74) is 5.60. The average Bonchev–Trinajstić information content (AvgIpc) is 3.16. The first-order chi connectivity index (χ1) is 16.5. The number of amides is 1. The van der Waals surface area contributed by atoms with Crippen LogP contribution in [0.3, 0.4) is 0 Å². The van der Waals surface area contributed by atoms with E-state index in [4.69, 9.17) is 9.47 Å². The quantitative estimate of drug-likeness (QED) is 0.348. The minimum absolute atomic E-state index is 0.148. The number of rotatable bonds is 9. The lowest BCUT2D eigenvalue weighted by molar-refractivity contribution is 0.102. The van der Waals surface area contributed by atoms with Crippen LogP contribution in [0.4, 0.5) is 5.69 Å². The standard InChI is InChI=1S/C28H29N3O3/c1-4-33-26-13-15-27(16-14-26)34-19-23-5-9-24(10-6-23)28(32)29-25-11-7-22(8-12-25)18-31-21(3)17-20(2)30-31/h5-17H,4,18-19H2,1-3H3,(H,29,32). The Morgan fingerprint density at radius 3 is 2.06 bits per heavy atom. The highest BCUT2D eigenvalue weighted by Gasteiger charge is 2.08. The number of benzene rings is 3. The molecule has 0 atom stereocenters. The van der Waals surface area contributed by atoms with Crippen LogP contribution in [0.1, 0.15) is 39.8 Å². The van der Waals surface area contributed by atoms with Gasteiger partial charge in [-0.1, -0.05) is 24.3 Å². The number of carbonyl (C=O) groups excluding carboxylic acids is 1. The average molecular weight is 456 g/mol. The summed E-state index contributed by atoms with van der Waals surface area (Å²) in [4.78, 5) is 12.6. The van der Waals surface area contributed by atoms with Gasteiger partial charge in [0.25, 0.3) is 5.91 Å². The first kappa shape index (κ1) is 23.1. The Kier molecular flexibility index (Phi) is 7.28. The zero-order chi connectivity index (χ0) is 23.9. The molecule has 0 radical (unpaired) electrons. The summed E-state index contributed by atoms with van der Waals surface area (Å²) in [6.07, 6.45) is 0. The number of carbonyl (C=O) groups is 1. The van der Waals surface area contributed by atoms with Gasteiger partial charge >= 0.3 is 0 Å². The van der Waals surface area contributed by atoms with Crippen molar-refractivity contribution in [3.05, 3.63) is 107 Å². The lowest BCUT2D eigenvalue weighted by Gasteiger charge is -2.10. The molecule has 4 aromatic rings. The molecule has 4 rings (SSSR count). The number of hydrogen-bond acceptors (Lipinski definition) is 4. The van der Waals surface area contributed by atoms with Crippen LogP contribution in [-0.4, -0.2) is 22.3 Å². The molecule has 1 heterocycles. The summed E-state index contributed by atoms with van der Waals surface area (Å²) in [5.74, 6) is 1.44. The monoisotopic (exact) mass is 455 g/mol. The summed E-state index contributed by atoms with van der Waals surface area (Å²) in [5, 5.41) is 7.45. The van der Waals surface area contributed by atoms with Crippen molar-refractivity contribution >= 4 is 11.6 Å². The van der Waals surface area contributed by atoms with Crippen molar-refractivity contribution in [2.45, 2.75) is 33.9 Å². The van der Waals surface area contributed by atoms with Crippen LogP contribution in [-0.2, 0) is 13.2 Å². The Morgan fingerprint density at radius 1 is 0.853 bits per heavy atom. The Morgan fingerprint density at radius 2 is 1.47 bits per heavy atom. The van der Waals surface area contributed by atoms with Crippen LogP contribution in [0.2, 0.25) is 0 Å². The molecule has 0 fully saturated rings. The second kappa shape index (κ2) is 10.7. The largest absolute Gasteiger partial charge is 0.494 e. The van der Waals surface area contributed by atoms with Gasteiger partial charge in [-0.15, -0.1) is 0 Å². The number of ether oxygens (including phenoxy) is 2. The molecule has 34 heavy (non-hydrogen) atoms. The van der Waals surface area contributed by atoms with E-state index in [0.29, 0.717) is 25.3 Å². The van der Waals surface area contributed by atoms with Crippen molar-refractivity contribution in [3.63, 3.8) is 0 Å². The van der Waals surface area contributed by atoms with Crippen molar-refractivity contribution < 1.29 is 14.3 Å². The third-order valence-electron chi connectivity index (χ3n) is 5.40. The lowest BCUT2D eigenvalue weighted by Crippen LogP contribution is -2.12. The number of aromatic nitrogens is 2. The first-order valence-corrected chi connectivity index (χ1v) is 11.4. The van der Waals surface area contributed by atoms with Crippen molar-refractivity contribution in [2.24, 2.45) is 0 Å². The third kappa shape index (κ3) is 6.04. The molecule has 6 nitrogen and oxygen atoms in total. The number of nitrogens with zero attached hydrogens (tertiary/aromatic N) is 2. The molecule has 0 aliphatic heterocycles. The molecule has 0 saturated carbocycles. The topological polar surface area (TPSA) is 65.4 Å². The summed E-state index contributed by atoms with van der Waals surface area (Å²) >= 11 is 0. The summed E-state index contributed by atoms with van der Waals surface area (Å²) in [6, 6.07) is 24.9. The first-order valence-electron chi connectivity index (χ1n) is 11.4. The van der Waals surface area contributed by atoms with Gasteiger partial charge < -0.3 is 14.8 Å². The van der Waals surface area contributed by atoms with E-state index in [0.717, 1.165) is 39.7 Å². The van der Waals surface area contributed by atoms with E-state index >= 15 is 0 Å². The predicted octanol–water partition coefficient (Wildman–Crippen LogP) is 5.78. The molecule has 0 spiro atoms. The van der Waals surface area contributed by atoms with Crippen molar-refractivity contribution in [1.29, 1.82) is 0 Å². The SMILES string of the molecule is CCOc1ccc(OCc2ccc(C(=O)Nc3ccc(Cn4nc(C)cc4C)cc3)cc2)cc1. The van der Waals surface area contributed by atoms with E-state index < -0.39 is 0 Å². The van der Waals surface area contributed by atoms with Gasteiger partial charge in [-0.3, -0.25) is 9.48 Å². The van der Waals surface area contributed by atoms with Crippen LogP contribution in [0.15, 0.2) is 78.9 Å². The maximum absolute atomic E-state index is 12.6. The van der Waals surface area contributed by atoms with Gasteiger partial charge in [0.1, 0.15) is 18.1 Å². The summed E-state index contributed by atoms with van der Waals surface area (Å²) < 4.78 is 13.2. The summed E-state index contributed by atoms with van der Waals surface area (Å²) in [7, 11) is 0. The van der Waals surface area contributed by atoms with E-state index in [2.05, 4.69) is 16.5 Å². The zero-order valence-corrected chi connectivity index (χ0v) is 19.7. The van der Waals surface area contributed by atoms with Gasteiger partial charge in [-0.25, -0.2) is 0 Å². The maximum atomic E-state index is 12.6. The van der Waals surface area contributed by atoms with Crippen molar-refractivity contribution in [1.82, 2.24) is 9.78 Å². The molecule has 3 aromatic carbocycles. The fourth-order valence-electron chi connectivity index (χ4n) is 3.62. The Bertz CT molecular complexity index is 1230.